The molecule has 2 aromatic rings. The monoisotopic (exact) mass is 509 g/mol. The predicted octanol–water partition coefficient (Wildman–Crippen LogP) is 5.64. The molecule has 11 heteroatoms. The number of pyridine rings is 1. The second-order valence-corrected chi connectivity index (χ2v) is 9.03. The number of rotatable bonds is 11. The van der Waals surface area contributed by atoms with Crippen LogP contribution in [-0.4, -0.2) is 37.9 Å². The number of hydrogen-bond donors (Lipinski definition) is 0. The highest BCUT2D eigenvalue weighted by atomic mass is 79.9. The summed E-state index contributed by atoms with van der Waals surface area (Å²) in [5.74, 6) is -0.142. The zero-order chi connectivity index (χ0) is 22.4. The second-order valence-electron chi connectivity index (χ2n) is 6.10. The van der Waals surface area contributed by atoms with E-state index in [1.165, 1.54) is 45.4 Å². The van der Waals surface area contributed by atoms with Crippen LogP contribution in [0.1, 0.15) is 32.3 Å². The van der Waals surface area contributed by atoms with E-state index in [1.54, 1.807) is 0 Å². The molecule has 0 radical (unpaired) electrons. The van der Waals surface area contributed by atoms with Gasteiger partial charge in [-0.25, -0.2) is 4.98 Å². The molecule has 0 unspecified atom stereocenters. The van der Waals surface area contributed by atoms with Crippen molar-refractivity contribution in [2.75, 3.05) is 26.9 Å². The molecule has 0 fully saturated rings. The highest BCUT2D eigenvalue weighted by molar-refractivity contribution is 9.10. The molecule has 0 atom stereocenters. The first-order chi connectivity index (χ1) is 14.2. The van der Waals surface area contributed by atoms with Crippen LogP contribution in [0.4, 0.5) is 8.78 Å². The Bertz CT molecular complexity index is 933. The second kappa shape index (κ2) is 10.6. The number of nitrogens with zero attached hydrogens (tertiary/aromatic N) is 1. The Hall–Kier alpha value is -1.61. The van der Waals surface area contributed by atoms with Crippen LogP contribution in [-0.2, 0) is 28.8 Å². The fourth-order valence-electron chi connectivity index (χ4n) is 2.64. The van der Waals surface area contributed by atoms with Crippen LogP contribution in [0.2, 0.25) is 0 Å². The van der Waals surface area contributed by atoms with Gasteiger partial charge < -0.3 is 18.5 Å². The van der Waals surface area contributed by atoms with Gasteiger partial charge in [-0.1, -0.05) is 15.9 Å². The predicted molar refractivity (Wildman–Crippen MR) is 111 cm³/mol. The Morgan fingerprint density at radius 1 is 1.17 bits per heavy atom. The zero-order valence-electron chi connectivity index (χ0n) is 16.8. The molecule has 0 saturated carbocycles. The molecule has 0 N–H and O–H groups in total. The zero-order valence-corrected chi connectivity index (χ0v) is 19.3. The molecular formula is C19H23BrF2NO6P. The van der Waals surface area contributed by atoms with Gasteiger partial charge in [-0.3, -0.25) is 9.36 Å². The largest absolute Gasteiger partial charge is 0.478 e. The first-order valence-corrected chi connectivity index (χ1v) is 11.6. The van der Waals surface area contributed by atoms with Crippen LogP contribution in [0.3, 0.4) is 0 Å². The average Bonchev–Trinajstić information content (AvgIpc) is 2.70. The highest BCUT2D eigenvalue weighted by Gasteiger charge is 2.55. The molecule has 1 aromatic heterocycles. The maximum Gasteiger partial charge on any atom is 0.404 e. The lowest BCUT2D eigenvalue weighted by Gasteiger charge is -2.27. The molecule has 0 spiro atoms. The molecular weight excluding hydrogens is 487 g/mol. The summed E-state index contributed by atoms with van der Waals surface area (Å²) >= 11 is 3.12. The Balaban J connectivity index is 2.33. The molecule has 2 rings (SSSR count). The summed E-state index contributed by atoms with van der Waals surface area (Å²) in [7, 11) is -3.45. The van der Waals surface area contributed by atoms with Crippen LogP contribution in [0, 0.1) is 0 Å². The molecule has 166 valence electrons. The Labute approximate surface area is 181 Å². The van der Waals surface area contributed by atoms with E-state index in [1.807, 2.05) is 0 Å². The van der Waals surface area contributed by atoms with E-state index in [0.717, 1.165) is 0 Å². The van der Waals surface area contributed by atoms with Gasteiger partial charge in [0.25, 0.3) is 0 Å². The summed E-state index contributed by atoms with van der Waals surface area (Å²) in [6, 6.07) is 4.15. The van der Waals surface area contributed by atoms with Crippen LogP contribution in [0.15, 0.2) is 28.9 Å². The maximum atomic E-state index is 15.2. The molecule has 0 aliphatic carbocycles. The quantitative estimate of drug-likeness (QED) is 0.220. The van der Waals surface area contributed by atoms with Gasteiger partial charge in [-0.15, -0.1) is 0 Å². The number of aromatic nitrogens is 1. The Kier molecular flexibility index (Phi) is 8.73. The number of alkyl halides is 2. The van der Waals surface area contributed by atoms with E-state index in [2.05, 4.69) is 25.7 Å². The molecule has 0 amide bonds. The summed E-state index contributed by atoms with van der Waals surface area (Å²) in [6.45, 7) is 2.76. The van der Waals surface area contributed by atoms with Crippen LogP contribution in [0.5, 0.6) is 5.88 Å². The minimum absolute atomic E-state index is 0.0492. The number of esters is 1. The lowest BCUT2D eigenvalue weighted by atomic mass is 10.1. The number of methoxy groups -OCH3 is 1. The third-order valence-corrected chi connectivity index (χ3v) is 6.83. The van der Waals surface area contributed by atoms with Crippen molar-refractivity contribution in [3.8, 4) is 5.88 Å². The molecule has 0 aliphatic heterocycles. The van der Waals surface area contributed by atoms with Crippen LogP contribution < -0.4 is 4.74 Å². The van der Waals surface area contributed by atoms with Gasteiger partial charge in [0.05, 0.1) is 26.9 Å². The molecule has 0 saturated heterocycles. The van der Waals surface area contributed by atoms with Gasteiger partial charge in [0.2, 0.25) is 5.88 Å². The van der Waals surface area contributed by atoms with Crippen molar-refractivity contribution in [3.63, 3.8) is 0 Å². The number of benzene rings is 1. The van der Waals surface area contributed by atoms with Crippen molar-refractivity contribution >= 4 is 40.3 Å². The molecule has 0 bridgehead atoms. The molecule has 7 nitrogen and oxygen atoms in total. The minimum atomic E-state index is -4.75. The minimum Gasteiger partial charge on any atom is -0.478 e. The number of halogens is 3. The highest BCUT2D eigenvalue weighted by Crippen LogP contribution is 2.67. The van der Waals surface area contributed by atoms with E-state index in [4.69, 9.17) is 13.8 Å². The fourth-order valence-corrected chi connectivity index (χ4v) is 4.96. The van der Waals surface area contributed by atoms with E-state index >= 15 is 8.78 Å². The number of hydrogen-bond acceptors (Lipinski definition) is 7. The van der Waals surface area contributed by atoms with E-state index in [0.29, 0.717) is 17.2 Å². The van der Waals surface area contributed by atoms with Crippen LogP contribution in [0.25, 0.3) is 10.8 Å². The molecule has 30 heavy (non-hydrogen) atoms. The number of fused-ring (bicyclic) bond motifs is 1. The molecule has 1 heterocycles. The first kappa shape index (κ1) is 24.7. The summed E-state index contributed by atoms with van der Waals surface area (Å²) < 4.78 is 62.9. The van der Waals surface area contributed by atoms with Gasteiger partial charge in [0.15, 0.2) is 0 Å². The third-order valence-electron chi connectivity index (χ3n) is 4.05. The number of ether oxygens (including phenoxy) is 2. The topological polar surface area (TPSA) is 84.0 Å². The summed E-state index contributed by atoms with van der Waals surface area (Å²) in [5.41, 5.74) is -4.40. The maximum absolute atomic E-state index is 15.2. The summed E-state index contributed by atoms with van der Waals surface area (Å²) in [4.78, 5) is 15.3. The fraction of sp³-hybridized carbons (Fsp3) is 0.474. The normalized spacial score (nSPS) is 12.2. The van der Waals surface area contributed by atoms with Crippen LogP contribution >= 0.6 is 23.5 Å². The third kappa shape index (κ3) is 5.55. The van der Waals surface area contributed by atoms with Crippen molar-refractivity contribution in [1.82, 2.24) is 4.98 Å². The Morgan fingerprint density at radius 2 is 1.83 bits per heavy atom. The van der Waals surface area contributed by atoms with E-state index in [-0.39, 0.29) is 42.6 Å². The standard InChI is InChI=1S/C19H23BrF2NO6P/c1-4-28-30(25,29-5-2)19(21,22)15-9-13-11-17(23-12-14(13)10-16(15)20)27-8-6-7-18(24)26-3/h9-12H,4-8H2,1-3H3. The van der Waals surface area contributed by atoms with Crippen molar-refractivity contribution in [2.45, 2.75) is 32.4 Å². The van der Waals surface area contributed by atoms with Gasteiger partial charge in [0, 0.05) is 34.1 Å². The average molecular weight is 510 g/mol. The van der Waals surface area contributed by atoms with E-state index in [9.17, 15) is 9.36 Å². The van der Waals surface area contributed by atoms with Crippen molar-refractivity contribution < 1.29 is 36.7 Å². The molecule has 1 aromatic carbocycles. The van der Waals surface area contributed by atoms with Gasteiger partial charge in [-0.2, -0.15) is 8.78 Å². The van der Waals surface area contributed by atoms with Crippen molar-refractivity contribution in [1.29, 1.82) is 0 Å². The van der Waals surface area contributed by atoms with E-state index < -0.39 is 18.8 Å². The summed E-state index contributed by atoms with van der Waals surface area (Å²) in [5, 5.41) is 0.983. The van der Waals surface area contributed by atoms with Gasteiger partial charge in [-0.05, 0) is 37.8 Å². The van der Waals surface area contributed by atoms with Crippen molar-refractivity contribution in [3.05, 3.63) is 34.4 Å². The lowest BCUT2D eigenvalue weighted by Crippen LogP contribution is -2.19. The lowest BCUT2D eigenvalue weighted by molar-refractivity contribution is -0.140. The Morgan fingerprint density at radius 3 is 2.43 bits per heavy atom. The smallest absolute Gasteiger partial charge is 0.404 e. The SMILES string of the molecule is CCOP(=O)(OCC)C(F)(F)c1cc2cc(OCCCC(=O)OC)ncc2cc1Br. The molecule has 0 aliphatic rings. The number of carbonyl (C=O) groups excluding carboxylic acids is 1. The van der Waals surface area contributed by atoms with Gasteiger partial charge in [0.1, 0.15) is 0 Å². The summed E-state index contributed by atoms with van der Waals surface area (Å²) in [6.07, 6.45) is 2.09. The first-order valence-electron chi connectivity index (χ1n) is 9.25. The number of carbonyl (C=O) groups is 1. The van der Waals surface area contributed by atoms with Crippen molar-refractivity contribution in [2.24, 2.45) is 0 Å². The van der Waals surface area contributed by atoms with Gasteiger partial charge >= 0.3 is 19.2 Å².